The minimum atomic E-state index is -0.0759. The number of amides is 1. The Kier molecular flexibility index (Phi) is 3.31. The molecule has 1 aromatic rings. The maximum Gasteiger partial charge on any atom is 0.221 e. The Morgan fingerprint density at radius 3 is 2.20 bits per heavy atom. The zero-order chi connectivity index (χ0) is 11.6. The first kappa shape index (κ1) is 11.5. The van der Waals surface area contributed by atoms with Crippen LogP contribution >= 0.6 is 0 Å². The van der Waals surface area contributed by atoms with Gasteiger partial charge in [0.2, 0.25) is 5.91 Å². The number of anilines is 2. The van der Waals surface area contributed by atoms with Gasteiger partial charge >= 0.3 is 0 Å². The number of nitrogen functional groups attached to an aromatic ring is 1. The van der Waals surface area contributed by atoms with E-state index >= 15 is 0 Å². The summed E-state index contributed by atoms with van der Waals surface area (Å²) in [5.41, 5.74) is 7.43. The number of nitrogens with two attached hydrogens (primary N) is 1. The Balaban J connectivity index is 3.32. The van der Waals surface area contributed by atoms with Crippen molar-refractivity contribution in [3.63, 3.8) is 0 Å². The first-order valence-electron chi connectivity index (χ1n) is 4.82. The molecule has 0 saturated carbocycles. The second kappa shape index (κ2) is 4.31. The molecule has 1 amide bonds. The van der Waals surface area contributed by atoms with E-state index in [2.05, 4.69) is 10.7 Å². The van der Waals surface area contributed by atoms with Crippen molar-refractivity contribution in [3.8, 4) is 0 Å². The van der Waals surface area contributed by atoms with Crippen LogP contribution in [-0.4, -0.2) is 5.91 Å². The van der Waals surface area contributed by atoms with Gasteiger partial charge in [-0.05, 0) is 37.5 Å². The average Bonchev–Trinajstić information content (AvgIpc) is 2.12. The van der Waals surface area contributed by atoms with E-state index in [0.29, 0.717) is 0 Å². The highest BCUT2D eigenvalue weighted by atomic mass is 16.1. The molecule has 4 heteroatoms. The van der Waals surface area contributed by atoms with Gasteiger partial charge in [-0.1, -0.05) is 6.07 Å². The molecule has 15 heavy (non-hydrogen) atoms. The summed E-state index contributed by atoms with van der Waals surface area (Å²) < 4.78 is 0. The van der Waals surface area contributed by atoms with Gasteiger partial charge in [0.25, 0.3) is 0 Å². The SMILES string of the molecule is CC(=O)Nc1c(C)cc(C)c(NN)c1C. The number of aryl methyl sites for hydroxylation is 2. The smallest absolute Gasteiger partial charge is 0.221 e. The lowest BCUT2D eigenvalue weighted by Gasteiger charge is -2.16. The Bertz CT molecular complexity index is 399. The maximum absolute atomic E-state index is 11.0. The average molecular weight is 207 g/mol. The monoisotopic (exact) mass is 207 g/mol. The molecule has 0 aliphatic carbocycles. The van der Waals surface area contributed by atoms with E-state index < -0.39 is 0 Å². The van der Waals surface area contributed by atoms with Gasteiger partial charge in [0.15, 0.2) is 0 Å². The molecule has 0 aliphatic heterocycles. The summed E-state index contributed by atoms with van der Waals surface area (Å²) in [7, 11) is 0. The fraction of sp³-hybridized carbons (Fsp3) is 0.364. The Morgan fingerprint density at radius 1 is 1.20 bits per heavy atom. The summed E-state index contributed by atoms with van der Waals surface area (Å²) in [6.07, 6.45) is 0. The molecule has 4 N–H and O–H groups in total. The third-order valence-electron chi connectivity index (χ3n) is 2.42. The molecule has 0 fully saturated rings. The normalized spacial score (nSPS) is 9.93. The minimum absolute atomic E-state index is 0.0759. The molecule has 0 unspecified atom stereocenters. The Hall–Kier alpha value is -1.55. The molecular weight excluding hydrogens is 190 g/mol. The van der Waals surface area contributed by atoms with Crippen LogP contribution in [0.3, 0.4) is 0 Å². The van der Waals surface area contributed by atoms with Gasteiger partial charge in [-0.2, -0.15) is 0 Å². The molecule has 0 radical (unpaired) electrons. The second-order valence-corrected chi connectivity index (χ2v) is 3.71. The van der Waals surface area contributed by atoms with Crippen molar-refractivity contribution in [2.24, 2.45) is 5.84 Å². The maximum atomic E-state index is 11.0. The molecule has 0 aliphatic rings. The van der Waals surface area contributed by atoms with Crippen LogP contribution in [0, 0.1) is 20.8 Å². The van der Waals surface area contributed by atoms with E-state index in [9.17, 15) is 4.79 Å². The van der Waals surface area contributed by atoms with Crippen LogP contribution in [-0.2, 0) is 4.79 Å². The molecule has 1 aromatic carbocycles. The van der Waals surface area contributed by atoms with Gasteiger partial charge in [-0.3, -0.25) is 10.6 Å². The number of nitrogens with one attached hydrogen (secondary N) is 2. The lowest BCUT2D eigenvalue weighted by Crippen LogP contribution is -2.14. The van der Waals surface area contributed by atoms with Crippen LogP contribution in [0.4, 0.5) is 11.4 Å². The highest BCUT2D eigenvalue weighted by molar-refractivity contribution is 5.92. The summed E-state index contributed by atoms with van der Waals surface area (Å²) in [4.78, 5) is 11.0. The van der Waals surface area contributed by atoms with Gasteiger partial charge in [0.1, 0.15) is 0 Å². The highest BCUT2D eigenvalue weighted by Gasteiger charge is 2.10. The number of carbonyl (C=O) groups is 1. The van der Waals surface area contributed by atoms with Crippen LogP contribution in [0.2, 0.25) is 0 Å². The summed E-state index contributed by atoms with van der Waals surface area (Å²) in [6.45, 7) is 7.37. The van der Waals surface area contributed by atoms with Crippen molar-refractivity contribution in [2.45, 2.75) is 27.7 Å². The predicted octanol–water partition coefficient (Wildman–Crippen LogP) is 1.86. The first-order chi connectivity index (χ1) is 6.97. The zero-order valence-electron chi connectivity index (χ0n) is 9.56. The topological polar surface area (TPSA) is 67.2 Å². The largest absolute Gasteiger partial charge is 0.326 e. The number of hydrazine groups is 1. The molecule has 0 heterocycles. The number of hydrogen-bond acceptors (Lipinski definition) is 3. The van der Waals surface area contributed by atoms with Crippen molar-refractivity contribution < 1.29 is 4.79 Å². The van der Waals surface area contributed by atoms with Gasteiger partial charge in [0, 0.05) is 12.6 Å². The van der Waals surface area contributed by atoms with E-state index in [1.54, 1.807) is 0 Å². The molecule has 82 valence electrons. The van der Waals surface area contributed by atoms with E-state index in [-0.39, 0.29) is 5.91 Å². The molecule has 0 spiro atoms. The quantitative estimate of drug-likeness (QED) is 0.512. The van der Waals surface area contributed by atoms with Gasteiger partial charge in [-0.25, -0.2) is 0 Å². The van der Waals surface area contributed by atoms with E-state index in [1.807, 2.05) is 26.8 Å². The van der Waals surface area contributed by atoms with Gasteiger partial charge in [-0.15, -0.1) is 0 Å². The summed E-state index contributed by atoms with van der Waals surface area (Å²) in [6, 6.07) is 1.99. The Labute approximate surface area is 89.8 Å². The number of benzene rings is 1. The van der Waals surface area contributed by atoms with Crippen LogP contribution in [0.25, 0.3) is 0 Å². The van der Waals surface area contributed by atoms with Crippen LogP contribution < -0.4 is 16.6 Å². The van der Waals surface area contributed by atoms with Crippen LogP contribution in [0.5, 0.6) is 0 Å². The molecule has 0 saturated heterocycles. The second-order valence-electron chi connectivity index (χ2n) is 3.71. The highest BCUT2D eigenvalue weighted by Crippen LogP contribution is 2.30. The standard InChI is InChI=1S/C11H17N3O/c1-6-5-7(2)11(14-12)8(3)10(6)13-9(4)15/h5,14H,12H2,1-4H3,(H,13,15). The summed E-state index contributed by atoms with van der Waals surface area (Å²) in [5.74, 6) is 5.36. The molecule has 0 bridgehead atoms. The number of carbonyl (C=O) groups excluding carboxylic acids is 1. The van der Waals surface area contributed by atoms with E-state index in [4.69, 9.17) is 5.84 Å². The first-order valence-corrected chi connectivity index (χ1v) is 4.82. The number of rotatable bonds is 2. The lowest BCUT2D eigenvalue weighted by molar-refractivity contribution is -0.114. The fourth-order valence-corrected chi connectivity index (χ4v) is 1.78. The lowest BCUT2D eigenvalue weighted by atomic mass is 10.0. The third kappa shape index (κ3) is 2.27. The molecule has 0 aromatic heterocycles. The summed E-state index contributed by atoms with van der Waals surface area (Å²) >= 11 is 0. The van der Waals surface area contributed by atoms with E-state index in [1.165, 1.54) is 6.92 Å². The van der Waals surface area contributed by atoms with Crippen molar-refractivity contribution in [2.75, 3.05) is 10.7 Å². The molecular formula is C11H17N3O. The molecule has 1 rings (SSSR count). The summed E-state index contributed by atoms with van der Waals surface area (Å²) in [5, 5.41) is 2.81. The van der Waals surface area contributed by atoms with Crippen LogP contribution in [0.15, 0.2) is 6.07 Å². The third-order valence-corrected chi connectivity index (χ3v) is 2.42. The molecule has 4 nitrogen and oxygen atoms in total. The Morgan fingerprint density at radius 2 is 1.73 bits per heavy atom. The van der Waals surface area contributed by atoms with Gasteiger partial charge < -0.3 is 10.7 Å². The molecule has 0 atom stereocenters. The number of hydrogen-bond donors (Lipinski definition) is 3. The van der Waals surface area contributed by atoms with Crippen molar-refractivity contribution >= 4 is 17.3 Å². The van der Waals surface area contributed by atoms with Gasteiger partial charge in [0.05, 0.1) is 5.69 Å². The fourth-order valence-electron chi connectivity index (χ4n) is 1.78. The van der Waals surface area contributed by atoms with Crippen molar-refractivity contribution in [1.29, 1.82) is 0 Å². The zero-order valence-corrected chi connectivity index (χ0v) is 9.56. The van der Waals surface area contributed by atoms with Crippen molar-refractivity contribution in [1.82, 2.24) is 0 Å². The van der Waals surface area contributed by atoms with E-state index in [0.717, 1.165) is 28.1 Å². The minimum Gasteiger partial charge on any atom is -0.326 e. The van der Waals surface area contributed by atoms with Crippen molar-refractivity contribution in [3.05, 3.63) is 22.8 Å². The predicted molar refractivity (Wildman–Crippen MR) is 62.8 cm³/mol. The van der Waals surface area contributed by atoms with Crippen LogP contribution in [0.1, 0.15) is 23.6 Å².